The van der Waals surface area contributed by atoms with Crippen molar-refractivity contribution in [3.8, 4) is 0 Å². The molecule has 2 atom stereocenters. The van der Waals surface area contributed by atoms with Crippen molar-refractivity contribution in [3.05, 3.63) is 29.7 Å². The molecule has 0 bridgehead atoms. The van der Waals surface area contributed by atoms with Crippen molar-refractivity contribution in [2.75, 3.05) is 18.0 Å². The molecule has 0 N–H and O–H groups in total. The summed E-state index contributed by atoms with van der Waals surface area (Å²) in [7, 11) is 0. The lowest BCUT2D eigenvalue weighted by atomic mass is 10.1. The Kier molecular flexibility index (Phi) is 3.29. The molecule has 0 aliphatic carbocycles. The van der Waals surface area contributed by atoms with Crippen LogP contribution in [0.25, 0.3) is 10.9 Å². The molecule has 4 nitrogen and oxygen atoms in total. The molecule has 100 valence electrons. The molecule has 0 aromatic carbocycles. The molecular formula is C14H16ClN3O. The van der Waals surface area contributed by atoms with Crippen molar-refractivity contribution in [1.82, 2.24) is 9.97 Å². The fourth-order valence-corrected chi connectivity index (χ4v) is 2.85. The molecule has 0 radical (unpaired) electrons. The zero-order valence-corrected chi connectivity index (χ0v) is 11.8. The van der Waals surface area contributed by atoms with Gasteiger partial charge in [0.05, 0.1) is 24.1 Å². The van der Waals surface area contributed by atoms with Crippen LogP contribution in [-0.2, 0) is 4.74 Å². The summed E-state index contributed by atoms with van der Waals surface area (Å²) in [4.78, 5) is 10.9. The maximum Gasteiger partial charge on any atom is 0.155 e. The van der Waals surface area contributed by atoms with Gasteiger partial charge in [-0.2, -0.15) is 0 Å². The lowest BCUT2D eigenvalue weighted by Gasteiger charge is -2.37. The van der Waals surface area contributed by atoms with Gasteiger partial charge in [0.2, 0.25) is 0 Å². The standard InChI is InChI=1S/C14H16ClN3O/c1-9-7-18(8-10(2)19-9)12-6-17-14(15)13-11(12)4-3-5-16-13/h3-6,9-10H,7-8H2,1-2H3/t9-,10+. The smallest absolute Gasteiger partial charge is 0.155 e. The van der Waals surface area contributed by atoms with Gasteiger partial charge in [0.25, 0.3) is 0 Å². The first kappa shape index (κ1) is 12.6. The zero-order valence-electron chi connectivity index (χ0n) is 11.0. The molecule has 3 rings (SSSR count). The van der Waals surface area contributed by atoms with E-state index in [1.54, 1.807) is 6.20 Å². The van der Waals surface area contributed by atoms with E-state index in [0.717, 1.165) is 29.7 Å². The molecule has 1 aliphatic heterocycles. The van der Waals surface area contributed by atoms with Crippen molar-refractivity contribution < 1.29 is 4.74 Å². The van der Waals surface area contributed by atoms with Crippen LogP contribution in [0, 0.1) is 0 Å². The summed E-state index contributed by atoms with van der Waals surface area (Å²) in [5, 5.41) is 1.50. The molecular weight excluding hydrogens is 262 g/mol. The lowest BCUT2D eigenvalue weighted by Crippen LogP contribution is -2.45. The third-order valence-electron chi connectivity index (χ3n) is 3.34. The summed E-state index contributed by atoms with van der Waals surface area (Å²) in [5.41, 5.74) is 1.84. The first-order chi connectivity index (χ1) is 9.15. The number of aromatic nitrogens is 2. The van der Waals surface area contributed by atoms with Crippen molar-refractivity contribution in [2.45, 2.75) is 26.1 Å². The number of hydrogen-bond donors (Lipinski definition) is 0. The second kappa shape index (κ2) is 4.94. The number of pyridine rings is 2. The second-order valence-corrected chi connectivity index (χ2v) is 5.35. The number of anilines is 1. The summed E-state index contributed by atoms with van der Waals surface area (Å²) in [6.07, 6.45) is 4.00. The van der Waals surface area contributed by atoms with Gasteiger partial charge in [-0.1, -0.05) is 11.6 Å². The number of morpholine rings is 1. The van der Waals surface area contributed by atoms with Gasteiger partial charge in [0.15, 0.2) is 5.15 Å². The first-order valence-electron chi connectivity index (χ1n) is 6.45. The Morgan fingerprint density at radius 1 is 1.26 bits per heavy atom. The van der Waals surface area contributed by atoms with Gasteiger partial charge in [-0.15, -0.1) is 0 Å². The lowest BCUT2D eigenvalue weighted by molar-refractivity contribution is -0.00514. The highest BCUT2D eigenvalue weighted by Crippen LogP contribution is 2.30. The molecule has 0 amide bonds. The van der Waals surface area contributed by atoms with Gasteiger partial charge in [-0.25, -0.2) is 4.98 Å². The SMILES string of the molecule is C[C@@H]1CN(c2cnc(Cl)c3ncccc23)C[C@H](C)O1. The normalized spacial score (nSPS) is 23.8. The van der Waals surface area contributed by atoms with E-state index in [9.17, 15) is 0 Å². The van der Waals surface area contributed by atoms with Crippen molar-refractivity contribution >= 4 is 28.2 Å². The minimum atomic E-state index is 0.214. The third kappa shape index (κ3) is 2.38. The Morgan fingerprint density at radius 2 is 2.00 bits per heavy atom. The van der Waals surface area contributed by atoms with E-state index in [2.05, 4.69) is 28.7 Å². The van der Waals surface area contributed by atoms with E-state index < -0.39 is 0 Å². The van der Waals surface area contributed by atoms with Crippen molar-refractivity contribution in [1.29, 1.82) is 0 Å². The van der Waals surface area contributed by atoms with E-state index >= 15 is 0 Å². The average molecular weight is 278 g/mol. The van der Waals surface area contributed by atoms with Crippen LogP contribution in [0.4, 0.5) is 5.69 Å². The summed E-state index contributed by atoms with van der Waals surface area (Å²) < 4.78 is 5.77. The topological polar surface area (TPSA) is 38.2 Å². The minimum Gasteiger partial charge on any atom is -0.372 e. The Morgan fingerprint density at radius 3 is 2.74 bits per heavy atom. The maximum atomic E-state index is 6.11. The number of rotatable bonds is 1. The van der Waals surface area contributed by atoms with E-state index in [0.29, 0.717) is 5.15 Å². The molecule has 1 aliphatic rings. The van der Waals surface area contributed by atoms with Crippen LogP contribution in [0.15, 0.2) is 24.5 Å². The van der Waals surface area contributed by atoms with Gasteiger partial charge in [-0.3, -0.25) is 4.98 Å². The molecule has 19 heavy (non-hydrogen) atoms. The summed E-state index contributed by atoms with van der Waals surface area (Å²) >= 11 is 6.11. The molecule has 1 saturated heterocycles. The summed E-state index contributed by atoms with van der Waals surface area (Å²) in [6.45, 7) is 5.90. The van der Waals surface area contributed by atoms with Gasteiger partial charge >= 0.3 is 0 Å². The van der Waals surface area contributed by atoms with Gasteiger partial charge in [-0.05, 0) is 26.0 Å². The zero-order chi connectivity index (χ0) is 13.4. The van der Waals surface area contributed by atoms with E-state index in [1.165, 1.54) is 0 Å². The number of nitrogens with zero attached hydrogens (tertiary/aromatic N) is 3. The second-order valence-electron chi connectivity index (χ2n) is 5.00. The van der Waals surface area contributed by atoms with Gasteiger partial charge < -0.3 is 9.64 Å². The summed E-state index contributed by atoms with van der Waals surface area (Å²) in [6, 6.07) is 3.96. The number of ether oxygens (including phenoxy) is 1. The van der Waals surface area contributed by atoms with Gasteiger partial charge in [0.1, 0.15) is 5.52 Å². The van der Waals surface area contributed by atoms with Crippen LogP contribution in [0.2, 0.25) is 5.15 Å². The molecule has 2 aromatic heterocycles. The Hall–Kier alpha value is -1.39. The fourth-order valence-electron chi connectivity index (χ4n) is 2.65. The molecule has 5 heteroatoms. The molecule has 0 saturated carbocycles. The maximum absolute atomic E-state index is 6.11. The number of hydrogen-bond acceptors (Lipinski definition) is 4. The van der Waals surface area contributed by atoms with E-state index in [4.69, 9.17) is 16.3 Å². The highest BCUT2D eigenvalue weighted by atomic mass is 35.5. The quantitative estimate of drug-likeness (QED) is 0.751. The van der Waals surface area contributed by atoms with Crippen molar-refractivity contribution in [2.24, 2.45) is 0 Å². The Bertz CT molecular complexity index is 594. The van der Waals surface area contributed by atoms with E-state index in [-0.39, 0.29) is 12.2 Å². The number of fused-ring (bicyclic) bond motifs is 1. The Balaban J connectivity index is 2.07. The fraction of sp³-hybridized carbons (Fsp3) is 0.429. The predicted octanol–water partition coefficient (Wildman–Crippen LogP) is 2.90. The van der Waals surface area contributed by atoms with Crippen LogP contribution in [0.1, 0.15) is 13.8 Å². The molecule has 0 spiro atoms. The van der Waals surface area contributed by atoms with Crippen LogP contribution >= 0.6 is 11.6 Å². The number of halogens is 1. The van der Waals surface area contributed by atoms with Crippen LogP contribution < -0.4 is 4.90 Å². The van der Waals surface area contributed by atoms with Crippen molar-refractivity contribution in [3.63, 3.8) is 0 Å². The van der Waals surface area contributed by atoms with Crippen LogP contribution in [0.5, 0.6) is 0 Å². The van der Waals surface area contributed by atoms with E-state index in [1.807, 2.05) is 18.3 Å². The highest BCUT2D eigenvalue weighted by Gasteiger charge is 2.24. The molecule has 3 heterocycles. The third-order valence-corrected chi connectivity index (χ3v) is 3.62. The Labute approximate surface area is 117 Å². The largest absolute Gasteiger partial charge is 0.372 e. The highest BCUT2D eigenvalue weighted by molar-refractivity contribution is 6.34. The average Bonchev–Trinajstić information content (AvgIpc) is 2.38. The molecule has 0 unspecified atom stereocenters. The first-order valence-corrected chi connectivity index (χ1v) is 6.82. The monoisotopic (exact) mass is 277 g/mol. The molecule has 2 aromatic rings. The van der Waals surface area contributed by atoms with Crippen LogP contribution in [0.3, 0.4) is 0 Å². The minimum absolute atomic E-state index is 0.214. The molecule has 1 fully saturated rings. The van der Waals surface area contributed by atoms with Crippen LogP contribution in [-0.4, -0.2) is 35.3 Å². The predicted molar refractivity (Wildman–Crippen MR) is 76.8 cm³/mol. The summed E-state index contributed by atoms with van der Waals surface area (Å²) in [5.74, 6) is 0. The van der Waals surface area contributed by atoms with Gasteiger partial charge in [0, 0.05) is 24.7 Å².